The van der Waals surface area contributed by atoms with Gasteiger partial charge in [-0.1, -0.05) is 0 Å². The molecule has 0 rings (SSSR count). The number of terminal acetylenes is 1. The summed E-state index contributed by atoms with van der Waals surface area (Å²) in [6.07, 6.45) is 6.42. The van der Waals surface area contributed by atoms with Gasteiger partial charge < -0.3 is 20.8 Å². The third kappa shape index (κ3) is 7.98. The fourth-order valence-corrected chi connectivity index (χ4v) is 1.14. The molecule has 7 heteroatoms. The number of nitrogens with one attached hydrogen (secondary N) is 2. The first kappa shape index (κ1) is 15.8. The van der Waals surface area contributed by atoms with Crippen molar-refractivity contribution < 1.29 is 24.6 Å². The highest BCUT2D eigenvalue weighted by atomic mass is 16.4. The maximum absolute atomic E-state index is 11.3. The van der Waals surface area contributed by atoms with Crippen LogP contribution in [0.25, 0.3) is 0 Å². The second-order valence-corrected chi connectivity index (χ2v) is 3.55. The van der Waals surface area contributed by atoms with E-state index in [0.29, 0.717) is 19.4 Å². The number of hydrogen-bond acceptors (Lipinski definition) is 3. The van der Waals surface area contributed by atoms with Crippen molar-refractivity contribution in [3.05, 3.63) is 0 Å². The maximum Gasteiger partial charge on any atom is 0.326 e. The van der Waals surface area contributed by atoms with Gasteiger partial charge in [-0.15, -0.1) is 12.3 Å². The molecule has 0 aromatic heterocycles. The minimum Gasteiger partial charge on any atom is -0.481 e. The summed E-state index contributed by atoms with van der Waals surface area (Å²) in [5, 5.41) is 21.6. The van der Waals surface area contributed by atoms with Crippen molar-refractivity contribution in [1.29, 1.82) is 0 Å². The number of hydrogen-bond donors (Lipinski definition) is 4. The van der Waals surface area contributed by atoms with Crippen LogP contribution in [-0.2, 0) is 9.59 Å². The van der Waals surface area contributed by atoms with E-state index in [-0.39, 0.29) is 0 Å². The molecule has 7 nitrogen and oxygen atoms in total. The monoisotopic (exact) mass is 256 g/mol. The Kier molecular flexibility index (Phi) is 7.77. The van der Waals surface area contributed by atoms with Crippen molar-refractivity contribution in [1.82, 2.24) is 10.6 Å². The Morgan fingerprint density at radius 1 is 1.22 bits per heavy atom. The van der Waals surface area contributed by atoms with Crippen LogP contribution in [0.4, 0.5) is 4.79 Å². The van der Waals surface area contributed by atoms with Crippen molar-refractivity contribution in [2.45, 2.75) is 31.7 Å². The fourth-order valence-electron chi connectivity index (χ4n) is 1.14. The Morgan fingerprint density at radius 3 is 2.39 bits per heavy atom. The van der Waals surface area contributed by atoms with E-state index in [1.54, 1.807) is 0 Å². The second-order valence-electron chi connectivity index (χ2n) is 3.55. The first-order chi connectivity index (χ1) is 8.47. The summed E-state index contributed by atoms with van der Waals surface area (Å²) in [5.74, 6) is -0.230. The molecular formula is C11H16N2O5. The molecule has 0 aliphatic heterocycles. The van der Waals surface area contributed by atoms with Gasteiger partial charge in [0.05, 0.1) is 6.42 Å². The Morgan fingerprint density at radius 2 is 1.89 bits per heavy atom. The van der Waals surface area contributed by atoms with Crippen LogP contribution in [-0.4, -0.2) is 40.8 Å². The van der Waals surface area contributed by atoms with E-state index in [1.807, 2.05) is 0 Å². The quantitative estimate of drug-likeness (QED) is 0.361. The number of carboxylic acids is 2. The zero-order chi connectivity index (χ0) is 14.0. The van der Waals surface area contributed by atoms with Gasteiger partial charge in [-0.3, -0.25) is 4.79 Å². The molecule has 0 aromatic rings. The molecule has 0 saturated heterocycles. The van der Waals surface area contributed by atoms with Gasteiger partial charge in [-0.05, 0) is 12.8 Å². The topological polar surface area (TPSA) is 116 Å². The molecule has 0 aromatic carbocycles. The van der Waals surface area contributed by atoms with Gasteiger partial charge >= 0.3 is 18.0 Å². The molecule has 0 spiro atoms. The van der Waals surface area contributed by atoms with E-state index in [1.165, 1.54) is 0 Å². The number of carbonyl (C=O) groups excluding carboxylic acids is 1. The van der Waals surface area contributed by atoms with Gasteiger partial charge in [0.25, 0.3) is 0 Å². The van der Waals surface area contributed by atoms with E-state index in [2.05, 4.69) is 16.6 Å². The predicted octanol–water partition coefficient (Wildman–Crippen LogP) is 0.0170. The zero-order valence-corrected chi connectivity index (χ0v) is 9.81. The second kappa shape index (κ2) is 8.87. The number of amides is 2. The van der Waals surface area contributed by atoms with Gasteiger partial charge in [0, 0.05) is 13.0 Å². The van der Waals surface area contributed by atoms with Crippen molar-refractivity contribution >= 4 is 18.0 Å². The van der Waals surface area contributed by atoms with E-state index >= 15 is 0 Å². The molecule has 0 aliphatic rings. The summed E-state index contributed by atoms with van der Waals surface area (Å²) in [7, 11) is 0. The molecule has 0 bridgehead atoms. The third-order valence-electron chi connectivity index (χ3n) is 2.02. The summed E-state index contributed by atoms with van der Waals surface area (Å²) in [4.78, 5) is 32.3. The molecule has 1 unspecified atom stereocenters. The lowest BCUT2D eigenvalue weighted by Crippen LogP contribution is -2.47. The molecule has 2 amide bonds. The number of carbonyl (C=O) groups is 3. The lowest BCUT2D eigenvalue weighted by atomic mass is 10.2. The average molecular weight is 256 g/mol. The van der Waals surface area contributed by atoms with E-state index in [0.717, 1.165) is 6.42 Å². The molecule has 4 N–H and O–H groups in total. The van der Waals surface area contributed by atoms with Crippen molar-refractivity contribution in [3.8, 4) is 12.3 Å². The highest BCUT2D eigenvalue weighted by Gasteiger charge is 2.22. The van der Waals surface area contributed by atoms with Crippen molar-refractivity contribution in [3.63, 3.8) is 0 Å². The SMILES string of the molecule is C#CCCCCNC(=O)NC(CC(=O)O)C(=O)O. The average Bonchev–Trinajstić information content (AvgIpc) is 2.27. The lowest BCUT2D eigenvalue weighted by Gasteiger charge is -2.13. The summed E-state index contributed by atoms with van der Waals surface area (Å²) in [6, 6.07) is -2.14. The summed E-state index contributed by atoms with van der Waals surface area (Å²) in [6.45, 7) is 0.354. The molecule has 1 atom stereocenters. The largest absolute Gasteiger partial charge is 0.481 e. The van der Waals surface area contributed by atoms with Crippen LogP contribution < -0.4 is 10.6 Å². The Balaban J connectivity index is 3.92. The molecule has 100 valence electrons. The van der Waals surface area contributed by atoms with Crippen LogP contribution >= 0.6 is 0 Å². The van der Waals surface area contributed by atoms with Crippen LogP contribution in [0.15, 0.2) is 0 Å². The molecule has 0 saturated carbocycles. The highest BCUT2D eigenvalue weighted by molar-refractivity contribution is 5.86. The van der Waals surface area contributed by atoms with Gasteiger partial charge in [-0.25, -0.2) is 9.59 Å². The molecule has 0 aliphatic carbocycles. The standard InChI is InChI=1S/C11H16N2O5/c1-2-3-4-5-6-12-11(18)13-8(10(16)17)7-9(14)15/h1,8H,3-7H2,(H,14,15)(H,16,17)(H2,12,13,18). The van der Waals surface area contributed by atoms with E-state index in [9.17, 15) is 14.4 Å². The number of rotatable bonds is 8. The highest BCUT2D eigenvalue weighted by Crippen LogP contribution is 1.94. The number of unbranched alkanes of at least 4 members (excludes halogenated alkanes) is 2. The summed E-state index contributed by atoms with van der Waals surface area (Å²) in [5.41, 5.74) is 0. The molecule has 0 fully saturated rings. The van der Waals surface area contributed by atoms with Gasteiger partial charge in [0.15, 0.2) is 0 Å². The first-order valence-corrected chi connectivity index (χ1v) is 5.39. The van der Waals surface area contributed by atoms with Gasteiger partial charge in [0.2, 0.25) is 0 Å². The van der Waals surface area contributed by atoms with Gasteiger partial charge in [-0.2, -0.15) is 0 Å². The number of urea groups is 1. The van der Waals surface area contributed by atoms with E-state index in [4.69, 9.17) is 16.6 Å². The van der Waals surface area contributed by atoms with Crippen molar-refractivity contribution in [2.24, 2.45) is 0 Å². The predicted molar refractivity (Wildman–Crippen MR) is 62.9 cm³/mol. The molecular weight excluding hydrogens is 240 g/mol. The summed E-state index contributed by atoms with van der Waals surface area (Å²) < 4.78 is 0. The van der Waals surface area contributed by atoms with Crippen molar-refractivity contribution in [2.75, 3.05) is 6.54 Å². The molecule has 0 heterocycles. The Hall–Kier alpha value is -2.23. The third-order valence-corrected chi connectivity index (χ3v) is 2.02. The zero-order valence-electron chi connectivity index (χ0n) is 9.81. The smallest absolute Gasteiger partial charge is 0.326 e. The summed E-state index contributed by atoms with van der Waals surface area (Å²) >= 11 is 0. The van der Waals surface area contributed by atoms with E-state index < -0.39 is 30.4 Å². The number of carboxylic acid groups (broad SMARTS) is 2. The normalized spacial score (nSPS) is 11.1. The van der Waals surface area contributed by atoms with Crippen LogP contribution in [0, 0.1) is 12.3 Å². The Labute approximate surface area is 105 Å². The minimum absolute atomic E-state index is 0.354. The van der Waals surface area contributed by atoms with Crippen LogP contribution in [0.3, 0.4) is 0 Å². The van der Waals surface area contributed by atoms with Gasteiger partial charge in [0.1, 0.15) is 6.04 Å². The molecule has 0 radical (unpaired) electrons. The van der Waals surface area contributed by atoms with Crippen LogP contribution in [0.1, 0.15) is 25.7 Å². The molecule has 18 heavy (non-hydrogen) atoms. The Bertz CT molecular complexity index is 348. The first-order valence-electron chi connectivity index (χ1n) is 5.39. The lowest BCUT2D eigenvalue weighted by molar-refractivity contribution is -0.145. The van der Waals surface area contributed by atoms with Crippen LogP contribution in [0.2, 0.25) is 0 Å². The number of aliphatic carboxylic acids is 2. The fraction of sp³-hybridized carbons (Fsp3) is 0.545. The minimum atomic E-state index is -1.44. The maximum atomic E-state index is 11.3. The van der Waals surface area contributed by atoms with Crippen LogP contribution in [0.5, 0.6) is 0 Å².